The van der Waals surface area contributed by atoms with E-state index in [1.54, 1.807) is 18.2 Å². The lowest BCUT2D eigenvalue weighted by molar-refractivity contribution is 0.0988. The zero-order valence-corrected chi connectivity index (χ0v) is 12.3. The quantitative estimate of drug-likeness (QED) is 0.389. The first kappa shape index (κ1) is 16.5. The van der Waals surface area contributed by atoms with Gasteiger partial charge in [0.25, 0.3) is 0 Å². The third-order valence-corrected chi connectivity index (χ3v) is 2.76. The van der Waals surface area contributed by atoms with E-state index in [9.17, 15) is 4.79 Å². The number of ketones is 1. The van der Waals surface area contributed by atoms with Crippen molar-refractivity contribution in [3.05, 3.63) is 23.8 Å². The predicted octanol–water partition coefficient (Wildman–Crippen LogP) is 1.87. The second-order valence-electron chi connectivity index (χ2n) is 4.34. The van der Waals surface area contributed by atoms with Crippen LogP contribution in [0.5, 0.6) is 5.75 Å². The van der Waals surface area contributed by atoms with Gasteiger partial charge in [-0.15, -0.1) is 0 Å². The van der Waals surface area contributed by atoms with E-state index in [0.717, 1.165) is 19.6 Å². The molecule has 5 nitrogen and oxygen atoms in total. The molecular weight excluding hydrogens is 256 g/mol. The molecule has 112 valence electrons. The van der Waals surface area contributed by atoms with E-state index in [2.05, 4.69) is 5.32 Å². The van der Waals surface area contributed by atoms with Crippen molar-refractivity contribution in [3.63, 3.8) is 0 Å². The van der Waals surface area contributed by atoms with Crippen molar-refractivity contribution >= 4 is 11.5 Å². The summed E-state index contributed by atoms with van der Waals surface area (Å²) >= 11 is 0. The topological polar surface area (TPSA) is 73.6 Å². The number of rotatable bonds is 10. The smallest absolute Gasteiger partial charge is 0.176 e. The molecule has 0 aliphatic rings. The molecule has 0 saturated heterocycles. The lowest BCUT2D eigenvalue weighted by atomic mass is 10.1. The van der Waals surface area contributed by atoms with Crippen molar-refractivity contribution in [2.45, 2.75) is 20.3 Å². The molecule has 0 saturated carbocycles. The van der Waals surface area contributed by atoms with Crippen LogP contribution in [-0.4, -0.2) is 38.7 Å². The van der Waals surface area contributed by atoms with Crippen molar-refractivity contribution in [1.82, 2.24) is 5.32 Å². The first-order valence-corrected chi connectivity index (χ1v) is 7.03. The van der Waals surface area contributed by atoms with E-state index in [4.69, 9.17) is 15.2 Å². The maximum absolute atomic E-state index is 12.0. The largest absolute Gasteiger partial charge is 0.492 e. The number of anilines is 1. The highest BCUT2D eigenvalue weighted by Crippen LogP contribution is 2.22. The normalized spacial score (nSPS) is 10.5. The van der Waals surface area contributed by atoms with Gasteiger partial charge in [0.05, 0.1) is 18.8 Å². The van der Waals surface area contributed by atoms with E-state index in [-0.39, 0.29) is 5.78 Å². The maximum Gasteiger partial charge on any atom is 0.176 e. The molecule has 0 heterocycles. The lowest BCUT2D eigenvalue weighted by Gasteiger charge is -2.09. The summed E-state index contributed by atoms with van der Waals surface area (Å²) in [5, 5.41) is 3.10. The molecule has 0 radical (unpaired) electrons. The molecule has 0 bridgehead atoms. The number of hydrogen-bond acceptors (Lipinski definition) is 5. The number of hydrogen-bond donors (Lipinski definition) is 2. The number of benzene rings is 1. The first-order valence-electron chi connectivity index (χ1n) is 7.03. The van der Waals surface area contributed by atoms with Gasteiger partial charge in [-0.25, -0.2) is 0 Å². The molecule has 1 aromatic rings. The maximum atomic E-state index is 12.0. The molecule has 20 heavy (non-hydrogen) atoms. The monoisotopic (exact) mass is 280 g/mol. The van der Waals surface area contributed by atoms with Crippen LogP contribution in [0.25, 0.3) is 0 Å². The molecule has 3 N–H and O–H groups in total. The van der Waals surface area contributed by atoms with Crippen LogP contribution >= 0.6 is 0 Å². The van der Waals surface area contributed by atoms with Crippen molar-refractivity contribution in [2.75, 3.05) is 38.6 Å². The number of nitrogens with one attached hydrogen (secondary N) is 1. The van der Waals surface area contributed by atoms with Crippen molar-refractivity contribution in [1.29, 1.82) is 0 Å². The third-order valence-electron chi connectivity index (χ3n) is 2.76. The predicted molar refractivity (Wildman–Crippen MR) is 80.3 cm³/mol. The van der Waals surface area contributed by atoms with Gasteiger partial charge in [0.2, 0.25) is 0 Å². The van der Waals surface area contributed by atoms with Gasteiger partial charge >= 0.3 is 0 Å². The van der Waals surface area contributed by atoms with Gasteiger partial charge < -0.3 is 20.5 Å². The molecule has 0 aromatic heterocycles. The van der Waals surface area contributed by atoms with Crippen LogP contribution in [0, 0.1) is 0 Å². The van der Waals surface area contributed by atoms with Gasteiger partial charge in [-0.3, -0.25) is 4.79 Å². The average Bonchev–Trinajstić information content (AvgIpc) is 2.45. The Morgan fingerprint density at radius 2 is 2.10 bits per heavy atom. The summed E-state index contributed by atoms with van der Waals surface area (Å²) in [6.45, 7) is 6.92. The van der Waals surface area contributed by atoms with E-state index in [0.29, 0.717) is 36.8 Å². The highest BCUT2D eigenvalue weighted by Gasteiger charge is 2.08. The number of nitrogens with two attached hydrogens (primary N) is 1. The fourth-order valence-corrected chi connectivity index (χ4v) is 1.76. The van der Waals surface area contributed by atoms with Crippen LogP contribution in [0.2, 0.25) is 0 Å². The number of carbonyl (C=O) groups excluding carboxylic acids is 1. The number of nitrogen functional groups attached to an aromatic ring is 1. The van der Waals surface area contributed by atoms with E-state index in [1.165, 1.54) is 0 Å². The van der Waals surface area contributed by atoms with Crippen LogP contribution < -0.4 is 15.8 Å². The SMILES string of the molecule is CCOCCCNCC(=O)c1ccc(OCC)c(N)c1. The van der Waals surface area contributed by atoms with Gasteiger partial charge in [0.1, 0.15) is 5.75 Å². The second kappa shape index (κ2) is 9.34. The van der Waals surface area contributed by atoms with Crippen molar-refractivity contribution in [2.24, 2.45) is 0 Å². The fourth-order valence-electron chi connectivity index (χ4n) is 1.76. The van der Waals surface area contributed by atoms with Crippen LogP contribution in [0.3, 0.4) is 0 Å². The Kier molecular flexibility index (Phi) is 7.69. The Morgan fingerprint density at radius 1 is 1.30 bits per heavy atom. The average molecular weight is 280 g/mol. The number of carbonyl (C=O) groups is 1. The van der Waals surface area contributed by atoms with Crippen LogP contribution in [-0.2, 0) is 4.74 Å². The second-order valence-corrected chi connectivity index (χ2v) is 4.34. The van der Waals surface area contributed by atoms with Crippen LogP contribution in [0.4, 0.5) is 5.69 Å². The van der Waals surface area contributed by atoms with Gasteiger partial charge in [0, 0.05) is 18.8 Å². The molecule has 1 aromatic carbocycles. The molecule has 1 rings (SSSR count). The molecule has 0 unspecified atom stereocenters. The van der Waals surface area contributed by atoms with Crippen LogP contribution in [0.1, 0.15) is 30.6 Å². The molecule has 0 spiro atoms. The van der Waals surface area contributed by atoms with E-state index in [1.807, 2.05) is 13.8 Å². The summed E-state index contributed by atoms with van der Waals surface area (Å²) in [5.41, 5.74) is 6.94. The molecule has 0 amide bonds. The standard InChI is InChI=1S/C15H24N2O3/c1-3-19-9-5-8-17-11-14(18)12-6-7-15(20-4-2)13(16)10-12/h6-7,10,17H,3-5,8-9,11,16H2,1-2H3. The molecule has 0 atom stereocenters. The summed E-state index contributed by atoms with van der Waals surface area (Å²) in [5.74, 6) is 0.643. The summed E-state index contributed by atoms with van der Waals surface area (Å²) in [7, 11) is 0. The fraction of sp³-hybridized carbons (Fsp3) is 0.533. The minimum atomic E-state index is 0.0242. The van der Waals surface area contributed by atoms with Gasteiger partial charge in [-0.1, -0.05) is 0 Å². The zero-order chi connectivity index (χ0) is 14.8. The Morgan fingerprint density at radius 3 is 2.75 bits per heavy atom. The molecular formula is C15H24N2O3. The highest BCUT2D eigenvalue weighted by molar-refractivity contribution is 5.98. The summed E-state index contributed by atoms with van der Waals surface area (Å²) < 4.78 is 10.6. The minimum Gasteiger partial charge on any atom is -0.492 e. The third kappa shape index (κ3) is 5.59. The zero-order valence-electron chi connectivity index (χ0n) is 12.3. The highest BCUT2D eigenvalue weighted by atomic mass is 16.5. The van der Waals surface area contributed by atoms with E-state index < -0.39 is 0 Å². The molecule has 0 fully saturated rings. The Labute approximate surface area is 120 Å². The van der Waals surface area contributed by atoms with Gasteiger partial charge in [-0.05, 0) is 45.0 Å². The van der Waals surface area contributed by atoms with Crippen molar-refractivity contribution < 1.29 is 14.3 Å². The molecule has 5 heteroatoms. The van der Waals surface area contributed by atoms with Crippen LogP contribution in [0.15, 0.2) is 18.2 Å². The van der Waals surface area contributed by atoms with E-state index >= 15 is 0 Å². The lowest BCUT2D eigenvalue weighted by Crippen LogP contribution is -2.24. The van der Waals surface area contributed by atoms with Gasteiger partial charge in [0.15, 0.2) is 5.78 Å². The summed E-state index contributed by atoms with van der Waals surface area (Å²) in [6, 6.07) is 5.14. The Balaban J connectivity index is 2.38. The van der Waals surface area contributed by atoms with Gasteiger partial charge in [-0.2, -0.15) is 0 Å². The summed E-state index contributed by atoms with van der Waals surface area (Å²) in [4.78, 5) is 12.0. The summed E-state index contributed by atoms with van der Waals surface area (Å²) in [6.07, 6.45) is 0.895. The molecule has 0 aliphatic heterocycles. The first-order chi connectivity index (χ1) is 9.69. The number of Topliss-reactive ketones (excluding diaryl/α,β-unsaturated/α-hetero) is 1. The minimum absolute atomic E-state index is 0.0242. The Bertz CT molecular complexity index is 422. The Hall–Kier alpha value is -1.59. The van der Waals surface area contributed by atoms with Crippen molar-refractivity contribution in [3.8, 4) is 5.75 Å². The number of ether oxygens (including phenoxy) is 2. The molecule has 0 aliphatic carbocycles.